The summed E-state index contributed by atoms with van der Waals surface area (Å²) >= 11 is 0. The van der Waals surface area contributed by atoms with Crippen LogP contribution in [0.1, 0.15) is 116 Å². The highest BCUT2D eigenvalue weighted by molar-refractivity contribution is 6.03. The Bertz CT molecular complexity index is 1490. The molecular weight excluding hydrogens is 653 g/mol. The molecule has 53 heavy (non-hydrogen) atoms. The molecule has 1 aliphatic heterocycles. The van der Waals surface area contributed by atoms with Crippen molar-refractivity contribution in [3.8, 4) is 0 Å². The number of allylic oxidation sites excluding steroid dienone is 6. The molecule has 1 amide bonds. The number of rotatable bonds is 26. The Kier molecular flexibility index (Phi) is 19.9. The molecule has 0 bridgehead atoms. The van der Waals surface area contributed by atoms with Crippen LogP contribution in [0, 0.1) is 6.92 Å². The molecule has 5 N–H and O–H groups in total. The fourth-order valence-electron chi connectivity index (χ4n) is 7.21. The number of para-hydroxylation sites is 1. The highest BCUT2D eigenvalue weighted by Crippen LogP contribution is 2.47. The fourth-order valence-corrected chi connectivity index (χ4v) is 7.21. The zero-order valence-electron chi connectivity index (χ0n) is 34.1. The molecule has 0 saturated heterocycles. The molecule has 0 saturated carbocycles. The number of hydrogen-bond acceptors (Lipinski definition) is 6. The van der Waals surface area contributed by atoms with E-state index in [0.717, 1.165) is 96.6 Å². The van der Waals surface area contributed by atoms with Gasteiger partial charge in [0.2, 0.25) is 5.91 Å². The second-order valence-corrected chi connectivity index (χ2v) is 15.5. The van der Waals surface area contributed by atoms with Crippen molar-refractivity contribution in [1.82, 2.24) is 16.0 Å². The lowest BCUT2D eigenvalue weighted by atomic mass is 9.77. The number of benzene rings is 2. The molecule has 0 radical (unpaired) electrons. The van der Waals surface area contributed by atoms with Crippen molar-refractivity contribution in [3.63, 3.8) is 0 Å². The third-order valence-corrected chi connectivity index (χ3v) is 10.4. The van der Waals surface area contributed by atoms with Gasteiger partial charge in [0.1, 0.15) is 0 Å². The van der Waals surface area contributed by atoms with Crippen LogP contribution in [0.4, 0.5) is 5.69 Å². The molecule has 0 atom stereocenters. The molecule has 7 nitrogen and oxygen atoms in total. The number of hydrogen-bond donors (Lipinski definition) is 4. The van der Waals surface area contributed by atoms with Crippen molar-refractivity contribution in [2.45, 2.75) is 117 Å². The first-order valence-electron chi connectivity index (χ1n) is 20.6. The van der Waals surface area contributed by atoms with Crippen molar-refractivity contribution in [1.29, 1.82) is 0 Å². The van der Waals surface area contributed by atoms with E-state index < -0.39 is 0 Å². The van der Waals surface area contributed by atoms with Crippen LogP contribution in [0.2, 0.25) is 0 Å². The van der Waals surface area contributed by atoms with Crippen molar-refractivity contribution >= 4 is 17.3 Å². The normalized spacial score (nSPS) is 15.3. The zero-order valence-corrected chi connectivity index (χ0v) is 34.1. The topological polar surface area (TPSA) is 94.8 Å². The predicted molar refractivity (Wildman–Crippen MR) is 229 cm³/mol. The number of nitrogens with zero attached hydrogens (tertiary/aromatic N) is 2. The maximum Gasteiger partial charge on any atom is 0.219 e. The van der Waals surface area contributed by atoms with E-state index in [1.807, 2.05) is 0 Å². The number of aryl methyl sites for hydroxylation is 1. The van der Waals surface area contributed by atoms with E-state index in [1.54, 1.807) is 0 Å². The van der Waals surface area contributed by atoms with Gasteiger partial charge in [0, 0.05) is 54.0 Å². The van der Waals surface area contributed by atoms with E-state index in [1.165, 1.54) is 47.3 Å². The number of fused-ring (bicyclic) bond motifs is 1. The molecule has 0 fully saturated rings. The lowest BCUT2D eigenvalue weighted by Gasteiger charge is -2.28. The van der Waals surface area contributed by atoms with Gasteiger partial charge in [-0.1, -0.05) is 108 Å². The lowest BCUT2D eigenvalue weighted by Crippen LogP contribution is -2.29. The summed E-state index contributed by atoms with van der Waals surface area (Å²) in [4.78, 5) is 20.1. The average molecular weight is 725 g/mol. The highest BCUT2D eigenvalue weighted by Gasteiger charge is 2.39. The van der Waals surface area contributed by atoms with Crippen molar-refractivity contribution in [2.24, 2.45) is 10.7 Å². The summed E-state index contributed by atoms with van der Waals surface area (Å²) in [5, 5.41) is 9.98. The summed E-state index contributed by atoms with van der Waals surface area (Å²) in [7, 11) is 0. The summed E-state index contributed by atoms with van der Waals surface area (Å²) in [5.74, 6) is 0.154. The molecular formula is C46H72N6O. The average Bonchev–Trinajstić information content (AvgIpc) is 3.36. The summed E-state index contributed by atoms with van der Waals surface area (Å²) in [5.41, 5.74) is 13.0. The first-order chi connectivity index (χ1) is 25.6. The van der Waals surface area contributed by atoms with Crippen LogP contribution < -0.4 is 26.6 Å². The quantitative estimate of drug-likeness (QED) is 0.0443. The first-order valence-corrected chi connectivity index (χ1v) is 20.6. The number of anilines is 1. The Morgan fingerprint density at radius 3 is 2.26 bits per heavy atom. The van der Waals surface area contributed by atoms with Gasteiger partial charge in [0.05, 0.1) is 0 Å². The Labute approximate surface area is 323 Å². The summed E-state index contributed by atoms with van der Waals surface area (Å²) in [6, 6.07) is 17.5. The van der Waals surface area contributed by atoms with Gasteiger partial charge in [0.25, 0.3) is 0 Å². The predicted octanol–water partition coefficient (Wildman–Crippen LogP) is 8.68. The maximum atomic E-state index is 12.4. The van der Waals surface area contributed by atoms with Gasteiger partial charge < -0.3 is 26.6 Å². The second-order valence-electron chi connectivity index (χ2n) is 15.5. The molecule has 0 aliphatic carbocycles. The smallest absolute Gasteiger partial charge is 0.219 e. The van der Waals surface area contributed by atoms with Crippen LogP contribution >= 0.6 is 0 Å². The summed E-state index contributed by atoms with van der Waals surface area (Å²) in [6.07, 6.45) is 21.0. The minimum absolute atomic E-state index is 0.0433. The Balaban J connectivity index is 1.50. The minimum Gasteiger partial charge on any atom is -0.356 e. The van der Waals surface area contributed by atoms with Crippen LogP contribution in [0.5, 0.6) is 0 Å². The number of carbonyl (C=O) groups is 1. The molecule has 292 valence electrons. The van der Waals surface area contributed by atoms with E-state index >= 15 is 0 Å². The van der Waals surface area contributed by atoms with E-state index in [9.17, 15) is 4.79 Å². The number of nitrogens with one attached hydrogen (secondary N) is 3. The maximum absolute atomic E-state index is 12.4. The van der Waals surface area contributed by atoms with Gasteiger partial charge in [-0.05, 0) is 120 Å². The van der Waals surface area contributed by atoms with Gasteiger partial charge in [0.15, 0.2) is 0 Å². The third kappa shape index (κ3) is 14.3. The van der Waals surface area contributed by atoms with Crippen molar-refractivity contribution in [2.75, 3.05) is 57.3 Å². The standard InChI is InChI=1S/C46H72N6O/c1-7-8-37-52-41-26-17-16-25-40(41)46(5,6)43(52)28-12-9-11-27-42(45(3,4)39-24-15-14-23-38(39)2)50-35-18-10-13-29-44(53)51-36-22-34-49-32-20-19-31-48-33-21-30-47/h9,11-12,14-17,23-28,48-49H,7-8,10,13,18-22,29-37,47H2,1-6H3,(H,51,53)/b12-9+,27-11+,43-28+,50-42?. The number of nitrogens with two attached hydrogens (primary N) is 1. The molecule has 0 unspecified atom stereocenters. The molecule has 1 aliphatic rings. The molecule has 7 heteroatoms. The van der Waals surface area contributed by atoms with E-state index in [0.29, 0.717) is 6.42 Å². The van der Waals surface area contributed by atoms with Gasteiger partial charge in [-0.15, -0.1) is 0 Å². The van der Waals surface area contributed by atoms with Crippen molar-refractivity contribution in [3.05, 3.63) is 101 Å². The van der Waals surface area contributed by atoms with Crippen molar-refractivity contribution < 1.29 is 4.79 Å². The summed E-state index contributed by atoms with van der Waals surface area (Å²) < 4.78 is 0. The van der Waals surface area contributed by atoms with Crippen LogP contribution in [0.15, 0.2) is 89.6 Å². The lowest BCUT2D eigenvalue weighted by molar-refractivity contribution is -0.121. The summed E-state index contributed by atoms with van der Waals surface area (Å²) in [6.45, 7) is 21.0. The molecule has 0 aromatic heterocycles. The van der Waals surface area contributed by atoms with E-state index in [4.69, 9.17) is 10.7 Å². The second kappa shape index (κ2) is 24.0. The SMILES string of the molecule is CCCCN1/C(=C/C=C/C=C/C(=NCCCCCC(=O)NCCCNCCCCNCCCN)C(C)(C)c2ccccc2C)C(C)(C)c2ccccc21. The van der Waals surface area contributed by atoms with Gasteiger partial charge in [-0.3, -0.25) is 9.79 Å². The molecule has 2 aromatic rings. The van der Waals surface area contributed by atoms with Gasteiger partial charge >= 0.3 is 0 Å². The Hall–Kier alpha value is -3.52. The van der Waals surface area contributed by atoms with E-state index in [-0.39, 0.29) is 16.7 Å². The number of unbranched alkanes of at least 4 members (excludes halogenated alkanes) is 4. The van der Waals surface area contributed by atoms with Gasteiger partial charge in [-0.2, -0.15) is 0 Å². The number of amides is 1. The van der Waals surface area contributed by atoms with Crippen LogP contribution in [-0.2, 0) is 15.6 Å². The van der Waals surface area contributed by atoms with Crippen LogP contribution in [0.25, 0.3) is 0 Å². The Morgan fingerprint density at radius 2 is 1.53 bits per heavy atom. The first kappa shape index (κ1) is 43.9. The monoisotopic (exact) mass is 725 g/mol. The minimum atomic E-state index is -0.240. The zero-order chi connectivity index (χ0) is 38.4. The largest absolute Gasteiger partial charge is 0.356 e. The fraction of sp³-hybridized carbons (Fsp3) is 0.565. The highest BCUT2D eigenvalue weighted by atomic mass is 16.1. The van der Waals surface area contributed by atoms with Crippen LogP contribution in [-0.4, -0.2) is 64.0 Å². The third-order valence-electron chi connectivity index (χ3n) is 10.4. The molecule has 1 heterocycles. The van der Waals surface area contributed by atoms with Gasteiger partial charge in [-0.25, -0.2) is 0 Å². The molecule has 2 aromatic carbocycles. The Morgan fingerprint density at radius 1 is 0.830 bits per heavy atom. The molecule has 0 spiro atoms. The number of aliphatic imine (C=N–C) groups is 1. The van der Waals surface area contributed by atoms with E-state index in [2.05, 4.69) is 141 Å². The van der Waals surface area contributed by atoms with Crippen LogP contribution in [0.3, 0.4) is 0 Å². The molecule has 3 rings (SSSR count). The number of carbonyl (C=O) groups excluding carboxylic acids is 1.